The molecule has 0 bridgehead atoms. The second kappa shape index (κ2) is 39.2. The molecule has 3 aromatic carbocycles. The van der Waals surface area contributed by atoms with Gasteiger partial charge in [0.25, 0.3) is 0 Å². The first kappa shape index (κ1) is 63.0. The molecule has 72 heavy (non-hydrogen) atoms. The zero-order chi connectivity index (χ0) is 52.0. The quantitative estimate of drug-likeness (QED) is 0.0319. The summed E-state index contributed by atoms with van der Waals surface area (Å²) in [7, 11) is 0. The van der Waals surface area contributed by atoms with Crippen molar-refractivity contribution in [1.29, 1.82) is 0 Å². The minimum absolute atomic E-state index is 0.0521. The Hall–Kier alpha value is -3.28. The standard InChI is InChI=1S/C66H110O6/c1-8-56-51-52-59-60(55-56)64(70-54-46-40-36-32-28-24-20-16-12-10-14-18-22-26-30-34-38-42-50-62(68)72-66(5,6)7)58-48-44-43-47-57(58)63(59)69-53-45-39-35-31-27-23-19-15-11-9-13-17-21-25-29-33-37-41-49-61(67)71-65(2,3)4/h43-44,47-48,51-52,55H,8-42,45-46,49-50,53-54H2,1-7H3. The molecule has 3 rings (SSSR count). The molecular weight excluding hydrogens is 889 g/mol. The average molecular weight is 1000 g/mol. The van der Waals surface area contributed by atoms with E-state index in [-0.39, 0.29) is 23.1 Å². The van der Waals surface area contributed by atoms with Crippen LogP contribution < -0.4 is 9.47 Å². The predicted molar refractivity (Wildman–Crippen MR) is 309 cm³/mol. The van der Waals surface area contributed by atoms with Crippen molar-refractivity contribution in [3.63, 3.8) is 0 Å². The largest absolute Gasteiger partial charge is 0.492 e. The Bertz CT molecular complexity index is 1830. The van der Waals surface area contributed by atoms with E-state index in [1.165, 1.54) is 220 Å². The van der Waals surface area contributed by atoms with Gasteiger partial charge in [-0.15, -0.1) is 0 Å². The second-order valence-electron chi connectivity index (χ2n) is 23.5. The van der Waals surface area contributed by atoms with Crippen molar-refractivity contribution in [3.8, 4) is 11.5 Å². The van der Waals surface area contributed by atoms with Crippen LogP contribution in [0.2, 0.25) is 0 Å². The molecular formula is C66H110O6. The van der Waals surface area contributed by atoms with Crippen LogP contribution in [0, 0.1) is 0 Å². The molecule has 6 nitrogen and oxygen atoms in total. The number of fused-ring (bicyclic) bond motifs is 2. The maximum Gasteiger partial charge on any atom is 0.306 e. The van der Waals surface area contributed by atoms with E-state index in [1.54, 1.807) is 0 Å². The maximum absolute atomic E-state index is 11.8. The summed E-state index contributed by atoms with van der Waals surface area (Å²) >= 11 is 0. The van der Waals surface area contributed by atoms with Gasteiger partial charge in [-0.3, -0.25) is 9.59 Å². The van der Waals surface area contributed by atoms with Gasteiger partial charge in [0.1, 0.15) is 22.7 Å². The van der Waals surface area contributed by atoms with E-state index < -0.39 is 0 Å². The number of ether oxygens (including phenoxy) is 4. The van der Waals surface area contributed by atoms with E-state index in [0.29, 0.717) is 12.8 Å². The van der Waals surface area contributed by atoms with Gasteiger partial charge < -0.3 is 18.9 Å². The van der Waals surface area contributed by atoms with Crippen LogP contribution in [0.4, 0.5) is 0 Å². The zero-order valence-electron chi connectivity index (χ0n) is 48.0. The first-order chi connectivity index (χ1) is 34.9. The lowest BCUT2D eigenvalue weighted by molar-refractivity contribution is -0.156. The molecule has 0 aliphatic carbocycles. The van der Waals surface area contributed by atoms with Crippen molar-refractivity contribution in [2.24, 2.45) is 0 Å². The molecule has 0 heterocycles. The normalized spacial score (nSPS) is 12.0. The molecule has 0 aromatic heterocycles. The van der Waals surface area contributed by atoms with Gasteiger partial charge in [-0.1, -0.05) is 249 Å². The highest BCUT2D eigenvalue weighted by Gasteiger charge is 2.18. The number of carbonyl (C=O) groups is 2. The van der Waals surface area contributed by atoms with Crippen molar-refractivity contribution in [1.82, 2.24) is 0 Å². The SMILES string of the molecule is CCc1ccc2c(OCCCCCCCCCCCCCCCCCCCCC(=O)OC(C)(C)C)c3ccccc3c(OCCCCCCCCCCCCCCCCCCCCC(=O)OC(C)(C)C)c2c1. The molecule has 0 aliphatic heterocycles. The summed E-state index contributed by atoms with van der Waals surface area (Å²) in [6.07, 6.45) is 48.9. The first-order valence-electron chi connectivity index (χ1n) is 30.5. The zero-order valence-corrected chi connectivity index (χ0v) is 48.0. The fourth-order valence-electron chi connectivity index (χ4n) is 10.2. The van der Waals surface area contributed by atoms with Crippen LogP contribution in [0.25, 0.3) is 21.5 Å². The van der Waals surface area contributed by atoms with Crippen LogP contribution in [0.1, 0.15) is 298 Å². The van der Waals surface area contributed by atoms with E-state index in [2.05, 4.69) is 49.4 Å². The van der Waals surface area contributed by atoms with Crippen LogP contribution in [-0.2, 0) is 25.5 Å². The number of carbonyl (C=O) groups excluding carboxylic acids is 2. The highest BCUT2D eigenvalue weighted by atomic mass is 16.6. The van der Waals surface area contributed by atoms with Crippen LogP contribution >= 0.6 is 0 Å². The molecule has 0 saturated heterocycles. The van der Waals surface area contributed by atoms with E-state index >= 15 is 0 Å². The number of rotatable bonds is 45. The number of unbranched alkanes of at least 4 members (excludes halogenated alkanes) is 34. The Morgan fingerprint density at radius 3 is 0.903 bits per heavy atom. The Morgan fingerprint density at radius 2 is 0.611 bits per heavy atom. The second-order valence-corrected chi connectivity index (χ2v) is 23.5. The van der Waals surface area contributed by atoms with Gasteiger partial charge in [-0.25, -0.2) is 0 Å². The third-order valence-corrected chi connectivity index (χ3v) is 14.3. The topological polar surface area (TPSA) is 71.1 Å². The van der Waals surface area contributed by atoms with Crippen molar-refractivity contribution in [2.45, 2.75) is 310 Å². The molecule has 0 unspecified atom stereocenters. The average Bonchev–Trinajstić information content (AvgIpc) is 3.33. The molecule has 0 amide bonds. The van der Waals surface area contributed by atoms with Crippen LogP contribution in [-0.4, -0.2) is 36.4 Å². The highest BCUT2D eigenvalue weighted by molar-refractivity contribution is 6.11. The van der Waals surface area contributed by atoms with E-state index in [0.717, 1.165) is 69.7 Å². The number of hydrogen-bond donors (Lipinski definition) is 0. The van der Waals surface area contributed by atoms with Gasteiger partial charge in [0.15, 0.2) is 0 Å². The van der Waals surface area contributed by atoms with Gasteiger partial charge in [-0.05, 0) is 85.3 Å². The highest BCUT2D eigenvalue weighted by Crippen LogP contribution is 2.43. The molecule has 410 valence electrons. The summed E-state index contributed by atoms with van der Waals surface area (Å²) in [6, 6.07) is 15.6. The van der Waals surface area contributed by atoms with Gasteiger partial charge in [0.05, 0.1) is 13.2 Å². The van der Waals surface area contributed by atoms with Crippen LogP contribution in [0.5, 0.6) is 11.5 Å². The predicted octanol–water partition coefficient (Wildman–Crippen LogP) is 20.8. The van der Waals surface area contributed by atoms with Crippen LogP contribution in [0.15, 0.2) is 42.5 Å². The van der Waals surface area contributed by atoms with Crippen molar-refractivity contribution < 1.29 is 28.5 Å². The Kier molecular flexibility index (Phi) is 34.3. The lowest BCUT2D eigenvalue weighted by Crippen LogP contribution is -2.23. The molecule has 0 radical (unpaired) electrons. The minimum Gasteiger partial charge on any atom is -0.492 e. The molecule has 0 saturated carbocycles. The van der Waals surface area contributed by atoms with E-state index in [9.17, 15) is 9.59 Å². The van der Waals surface area contributed by atoms with Crippen molar-refractivity contribution in [3.05, 3.63) is 48.0 Å². The van der Waals surface area contributed by atoms with Crippen molar-refractivity contribution in [2.75, 3.05) is 13.2 Å². The Balaban J connectivity index is 1.18. The van der Waals surface area contributed by atoms with Gasteiger partial charge in [0.2, 0.25) is 0 Å². The Labute approximate surface area is 443 Å². The molecule has 0 spiro atoms. The monoisotopic (exact) mass is 999 g/mol. The summed E-state index contributed by atoms with van der Waals surface area (Å²) < 4.78 is 24.2. The molecule has 0 atom stereocenters. The van der Waals surface area contributed by atoms with Gasteiger partial charge >= 0.3 is 11.9 Å². The summed E-state index contributed by atoms with van der Waals surface area (Å²) in [4.78, 5) is 23.7. The number of benzene rings is 3. The first-order valence-corrected chi connectivity index (χ1v) is 30.5. The van der Waals surface area contributed by atoms with Gasteiger partial charge in [0, 0.05) is 34.4 Å². The van der Waals surface area contributed by atoms with E-state index in [1.807, 2.05) is 41.5 Å². The summed E-state index contributed by atoms with van der Waals surface area (Å²) in [5.74, 6) is 1.94. The van der Waals surface area contributed by atoms with Crippen LogP contribution in [0.3, 0.4) is 0 Å². The molecule has 3 aromatic rings. The molecule has 0 aliphatic rings. The third-order valence-electron chi connectivity index (χ3n) is 14.3. The lowest BCUT2D eigenvalue weighted by atomic mass is 9.98. The molecule has 6 heteroatoms. The summed E-state index contributed by atoms with van der Waals surface area (Å²) in [6.45, 7) is 15.4. The third kappa shape index (κ3) is 30.8. The minimum atomic E-state index is -0.367. The summed E-state index contributed by atoms with van der Waals surface area (Å²) in [5, 5.41) is 4.71. The van der Waals surface area contributed by atoms with Gasteiger partial charge in [-0.2, -0.15) is 0 Å². The number of aryl methyl sites for hydroxylation is 1. The Morgan fingerprint density at radius 1 is 0.347 bits per heavy atom. The van der Waals surface area contributed by atoms with E-state index in [4.69, 9.17) is 18.9 Å². The maximum atomic E-state index is 11.8. The molecule has 0 fully saturated rings. The number of hydrogen-bond acceptors (Lipinski definition) is 6. The van der Waals surface area contributed by atoms with Crippen molar-refractivity contribution >= 4 is 33.5 Å². The fraction of sp³-hybridized carbons (Fsp3) is 0.758. The number of esters is 2. The molecule has 0 N–H and O–H groups in total. The smallest absolute Gasteiger partial charge is 0.306 e. The summed E-state index contributed by atoms with van der Waals surface area (Å²) in [5.41, 5.74) is 0.604. The lowest BCUT2D eigenvalue weighted by Gasteiger charge is -2.19. The fourth-order valence-corrected chi connectivity index (χ4v) is 10.2.